The Balaban J connectivity index is 1.41. The van der Waals surface area contributed by atoms with Crippen LogP contribution in [0.25, 0.3) is 10.8 Å². The number of nitrogens with zero attached hydrogens (tertiary/aromatic N) is 2. The van der Waals surface area contributed by atoms with Crippen LogP contribution < -0.4 is 10.9 Å². The molecule has 1 saturated heterocycles. The second-order valence-electron chi connectivity index (χ2n) is 7.18. The van der Waals surface area contributed by atoms with Crippen molar-refractivity contribution in [3.8, 4) is 0 Å². The largest absolute Gasteiger partial charge is 0.351 e. The molecule has 2 N–H and O–H groups in total. The zero-order valence-corrected chi connectivity index (χ0v) is 17.9. The summed E-state index contributed by atoms with van der Waals surface area (Å²) in [6, 6.07) is 10.3. The zero-order valence-electron chi connectivity index (χ0n) is 16.3. The molecule has 4 rings (SSSR count). The highest BCUT2D eigenvalue weighted by atomic mass is 32.2. The van der Waals surface area contributed by atoms with Gasteiger partial charge in [-0.15, -0.1) is 11.3 Å². The second kappa shape index (κ2) is 8.66. The van der Waals surface area contributed by atoms with Gasteiger partial charge in [-0.25, -0.2) is 13.5 Å². The van der Waals surface area contributed by atoms with Gasteiger partial charge in [0.1, 0.15) is 4.21 Å². The first-order valence-corrected chi connectivity index (χ1v) is 12.0. The summed E-state index contributed by atoms with van der Waals surface area (Å²) in [5.74, 6) is -0.256. The topological polar surface area (TPSA) is 112 Å². The maximum absolute atomic E-state index is 12.7. The van der Waals surface area contributed by atoms with Gasteiger partial charge in [0, 0.05) is 23.4 Å². The lowest BCUT2D eigenvalue weighted by molar-refractivity contribution is -0.120. The molecule has 0 bridgehead atoms. The number of thiophene rings is 1. The number of hydrogen-bond donors (Lipinski definition) is 2. The van der Waals surface area contributed by atoms with Crippen LogP contribution in [0.3, 0.4) is 0 Å². The predicted molar refractivity (Wildman–Crippen MR) is 115 cm³/mol. The van der Waals surface area contributed by atoms with Crippen molar-refractivity contribution in [1.29, 1.82) is 0 Å². The van der Waals surface area contributed by atoms with Crippen LogP contribution in [0.15, 0.2) is 45.4 Å². The average molecular weight is 447 g/mol. The number of hydrogen-bond acceptors (Lipinski definition) is 6. The summed E-state index contributed by atoms with van der Waals surface area (Å²) in [5, 5.41) is 10.4. The van der Waals surface area contributed by atoms with Crippen LogP contribution in [0.4, 0.5) is 0 Å². The number of benzene rings is 1. The van der Waals surface area contributed by atoms with Crippen molar-refractivity contribution in [1.82, 2.24) is 19.8 Å². The van der Waals surface area contributed by atoms with E-state index in [1.54, 1.807) is 36.4 Å². The summed E-state index contributed by atoms with van der Waals surface area (Å²) in [5.41, 5.74) is 0.193. The number of sulfonamides is 1. The van der Waals surface area contributed by atoms with Crippen LogP contribution in [-0.4, -0.2) is 41.9 Å². The fourth-order valence-electron chi connectivity index (χ4n) is 3.53. The number of carbonyl (C=O) groups is 1. The first-order chi connectivity index (χ1) is 14.4. The third-order valence-corrected chi connectivity index (χ3v) is 8.56. The number of nitrogens with one attached hydrogen (secondary N) is 2. The summed E-state index contributed by atoms with van der Waals surface area (Å²) in [4.78, 5) is 25.0. The fraction of sp³-hybridized carbons (Fsp3) is 0.350. The van der Waals surface area contributed by atoms with Gasteiger partial charge >= 0.3 is 0 Å². The van der Waals surface area contributed by atoms with E-state index >= 15 is 0 Å². The van der Waals surface area contributed by atoms with Gasteiger partial charge in [0.2, 0.25) is 5.91 Å². The lowest BCUT2D eigenvalue weighted by Gasteiger charge is -2.25. The molecule has 10 heteroatoms. The average Bonchev–Trinajstić information content (AvgIpc) is 3.25. The van der Waals surface area contributed by atoms with Gasteiger partial charge in [-0.1, -0.05) is 24.6 Å². The Hall–Kier alpha value is -2.56. The molecule has 0 atom stereocenters. The van der Waals surface area contributed by atoms with Crippen LogP contribution in [0.2, 0.25) is 0 Å². The van der Waals surface area contributed by atoms with E-state index in [2.05, 4.69) is 15.5 Å². The van der Waals surface area contributed by atoms with E-state index in [0.29, 0.717) is 33.8 Å². The summed E-state index contributed by atoms with van der Waals surface area (Å²) < 4.78 is 27.3. The zero-order chi connectivity index (χ0) is 21.1. The molecule has 0 spiro atoms. The monoisotopic (exact) mass is 446 g/mol. The first kappa shape index (κ1) is 20.7. The number of piperidine rings is 1. The maximum atomic E-state index is 12.7. The molecule has 3 heterocycles. The van der Waals surface area contributed by atoms with Gasteiger partial charge in [0.05, 0.1) is 24.0 Å². The molecule has 8 nitrogen and oxygen atoms in total. The molecular formula is C20H22N4O4S2. The highest BCUT2D eigenvalue weighted by molar-refractivity contribution is 7.91. The van der Waals surface area contributed by atoms with E-state index in [4.69, 9.17) is 0 Å². The molecule has 0 radical (unpaired) electrons. The van der Waals surface area contributed by atoms with Crippen molar-refractivity contribution in [3.63, 3.8) is 0 Å². The quantitative estimate of drug-likeness (QED) is 0.602. The number of amides is 1. The molecule has 158 valence electrons. The third-order valence-electron chi connectivity index (χ3n) is 5.11. The standard InChI is InChI=1S/C20H22N4O4S2/c25-18(12-17-15-6-2-3-7-16(15)20(26)23-22-17)21-13-14-8-9-19(29-14)30(27,28)24-10-4-1-5-11-24/h2-3,6-9H,1,4-5,10-13H2,(H,21,25)(H,23,26). The minimum Gasteiger partial charge on any atom is -0.351 e. The molecule has 0 saturated carbocycles. The van der Waals surface area contributed by atoms with Gasteiger partial charge in [0.15, 0.2) is 0 Å². The van der Waals surface area contributed by atoms with Gasteiger partial charge in [-0.3, -0.25) is 9.59 Å². The molecule has 0 unspecified atom stereocenters. The SMILES string of the molecule is O=C(Cc1n[nH]c(=O)c2ccccc12)NCc1ccc(S(=O)(=O)N2CCCCC2)s1. The Bertz CT molecular complexity index is 1230. The molecule has 1 aromatic carbocycles. The molecule has 0 aliphatic carbocycles. The lowest BCUT2D eigenvalue weighted by atomic mass is 10.1. The summed E-state index contributed by atoms with van der Waals surface area (Å²) in [6.07, 6.45) is 2.86. The summed E-state index contributed by atoms with van der Waals surface area (Å²) in [6.45, 7) is 1.36. The molecule has 30 heavy (non-hydrogen) atoms. The van der Waals surface area contributed by atoms with E-state index in [-0.39, 0.29) is 24.4 Å². The molecule has 1 amide bonds. The summed E-state index contributed by atoms with van der Waals surface area (Å²) in [7, 11) is -3.46. The highest BCUT2D eigenvalue weighted by Gasteiger charge is 2.27. The smallest absolute Gasteiger partial charge is 0.272 e. The number of aromatic nitrogens is 2. The van der Waals surface area contributed by atoms with E-state index in [0.717, 1.165) is 24.1 Å². The number of aromatic amines is 1. The minimum atomic E-state index is -3.46. The van der Waals surface area contributed by atoms with Crippen LogP contribution in [0.1, 0.15) is 29.8 Å². The normalized spacial score (nSPS) is 15.3. The molecule has 1 aliphatic rings. The number of fused-ring (bicyclic) bond motifs is 1. The third kappa shape index (κ3) is 4.30. The van der Waals surface area contributed by atoms with Crippen LogP contribution in [0.5, 0.6) is 0 Å². The Labute approximate surface area is 178 Å². The summed E-state index contributed by atoms with van der Waals surface area (Å²) >= 11 is 1.18. The van der Waals surface area contributed by atoms with Crippen molar-refractivity contribution in [2.45, 2.75) is 36.4 Å². The van der Waals surface area contributed by atoms with E-state index < -0.39 is 10.0 Å². The molecule has 1 fully saturated rings. The Kier molecular flexibility index (Phi) is 5.98. The Morgan fingerprint density at radius 3 is 2.60 bits per heavy atom. The van der Waals surface area contributed by atoms with Crippen molar-refractivity contribution >= 4 is 38.0 Å². The minimum absolute atomic E-state index is 0.0155. The number of rotatable bonds is 6. The van der Waals surface area contributed by atoms with Gasteiger partial charge in [0.25, 0.3) is 15.6 Å². The Morgan fingerprint density at radius 2 is 1.83 bits per heavy atom. The van der Waals surface area contributed by atoms with Crippen LogP contribution >= 0.6 is 11.3 Å². The number of carbonyl (C=O) groups excluding carboxylic acids is 1. The van der Waals surface area contributed by atoms with Gasteiger partial charge in [-0.2, -0.15) is 9.40 Å². The van der Waals surface area contributed by atoms with Gasteiger partial charge in [-0.05, 0) is 31.0 Å². The van der Waals surface area contributed by atoms with Crippen molar-refractivity contribution in [2.24, 2.45) is 0 Å². The molecular weight excluding hydrogens is 424 g/mol. The van der Waals surface area contributed by atoms with Crippen LogP contribution in [0, 0.1) is 0 Å². The van der Waals surface area contributed by atoms with Crippen LogP contribution in [-0.2, 0) is 27.8 Å². The van der Waals surface area contributed by atoms with E-state index in [1.807, 2.05) is 0 Å². The van der Waals surface area contributed by atoms with Gasteiger partial charge < -0.3 is 5.32 Å². The van der Waals surface area contributed by atoms with Crippen molar-refractivity contribution in [3.05, 3.63) is 57.3 Å². The maximum Gasteiger partial charge on any atom is 0.272 e. The fourth-order valence-corrected chi connectivity index (χ4v) is 6.50. The molecule has 1 aliphatic heterocycles. The van der Waals surface area contributed by atoms with E-state index in [1.165, 1.54) is 15.6 Å². The first-order valence-electron chi connectivity index (χ1n) is 9.77. The molecule has 3 aromatic rings. The highest BCUT2D eigenvalue weighted by Crippen LogP contribution is 2.27. The van der Waals surface area contributed by atoms with Crippen molar-refractivity contribution < 1.29 is 13.2 Å². The lowest BCUT2D eigenvalue weighted by Crippen LogP contribution is -2.35. The number of H-pyrrole nitrogens is 1. The predicted octanol–water partition coefficient (Wildman–Crippen LogP) is 2.02. The molecule has 2 aromatic heterocycles. The Morgan fingerprint density at radius 1 is 1.10 bits per heavy atom. The van der Waals surface area contributed by atoms with E-state index in [9.17, 15) is 18.0 Å². The van der Waals surface area contributed by atoms with Crippen molar-refractivity contribution in [2.75, 3.05) is 13.1 Å². The second-order valence-corrected chi connectivity index (χ2v) is 10.5.